The van der Waals surface area contributed by atoms with Crippen LogP contribution in [-0.4, -0.2) is 0 Å². The molecule has 1 aliphatic rings. The summed E-state index contributed by atoms with van der Waals surface area (Å²) in [6, 6.07) is 14.2. The van der Waals surface area contributed by atoms with Crippen LogP contribution in [0.25, 0.3) is 0 Å². The van der Waals surface area contributed by atoms with Crippen LogP contribution < -0.4 is 0 Å². The molecule has 0 N–H and O–H groups in total. The lowest BCUT2D eigenvalue weighted by Crippen LogP contribution is -2.31. The van der Waals surface area contributed by atoms with Gasteiger partial charge < -0.3 is 0 Å². The van der Waals surface area contributed by atoms with Crippen LogP contribution in [0, 0.1) is 27.7 Å². The molecule has 1 saturated carbocycles. The van der Waals surface area contributed by atoms with Crippen molar-refractivity contribution in [2.45, 2.75) is 65.2 Å². The molecule has 1 aliphatic carbocycles. The minimum absolute atomic E-state index is 0.231. The van der Waals surface area contributed by atoms with Gasteiger partial charge in [-0.15, -0.1) is 0 Å². The molecule has 0 atom stereocenters. The van der Waals surface area contributed by atoms with Crippen molar-refractivity contribution in [1.29, 1.82) is 0 Å². The predicted octanol–water partition coefficient (Wildman–Crippen LogP) is 6.17. The molecule has 3 rings (SSSR count). The minimum Gasteiger partial charge on any atom is -0.0590 e. The van der Waals surface area contributed by atoms with E-state index in [-0.39, 0.29) is 5.41 Å². The fourth-order valence-corrected chi connectivity index (χ4v) is 4.26. The van der Waals surface area contributed by atoms with Gasteiger partial charge in [0.15, 0.2) is 0 Å². The molecule has 22 heavy (non-hydrogen) atoms. The van der Waals surface area contributed by atoms with E-state index >= 15 is 0 Å². The zero-order valence-electron chi connectivity index (χ0n) is 14.5. The fourth-order valence-electron chi connectivity index (χ4n) is 4.26. The van der Waals surface area contributed by atoms with Crippen molar-refractivity contribution in [2.24, 2.45) is 0 Å². The monoisotopic (exact) mass is 292 g/mol. The largest absolute Gasteiger partial charge is 0.0590 e. The van der Waals surface area contributed by atoms with E-state index in [1.54, 1.807) is 5.56 Å². The molecule has 2 aromatic carbocycles. The highest BCUT2D eigenvalue weighted by atomic mass is 14.4. The fraction of sp³-hybridized carbons (Fsp3) is 0.455. The highest BCUT2D eigenvalue weighted by Crippen LogP contribution is 2.46. The maximum absolute atomic E-state index is 2.44. The van der Waals surface area contributed by atoms with E-state index in [0.717, 1.165) is 0 Å². The molecule has 0 heteroatoms. The third kappa shape index (κ3) is 2.60. The van der Waals surface area contributed by atoms with Crippen molar-refractivity contribution in [3.8, 4) is 0 Å². The zero-order valence-corrected chi connectivity index (χ0v) is 14.5. The number of hydrogen-bond donors (Lipinski definition) is 0. The van der Waals surface area contributed by atoms with Gasteiger partial charge in [-0.2, -0.15) is 0 Å². The van der Waals surface area contributed by atoms with Gasteiger partial charge >= 0.3 is 0 Å². The maximum Gasteiger partial charge on any atom is 0.0205 e. The Morgan fingerprint density at radius 1 is 0.682 bits per heavy atom. The van der Waals surface area contributed by atoms with Crippen LogP contribution in [0.15, 0.2) is 36.4 Å². The Morgan fingerprint density at radius 3 is 2.05 bits per heavy atom. The molecule has 116 valence electrons. The second-order valence-electron chi connectivity index (χ2n) is 7.26. The summed E-state index contributed by atoms with van der Waals surface area (Å²) < 4.78 is 0. The van der Waals surface area contributed by atoms with Gasteiger partial charge in [0, 0.05) is 5.41 Å². The van der Waals surface area contributed by atoms with Crippen molar-refractivity contribution in [2.75, 3.05) is 0 Å². The normalized spacial score (nSPS) is 17.5. The zero-order chi connectivity index (χ0) is 15.7. The topological polar surface area (TPSA) is 0 Å². The van der Waals surface area contributed by atoms with Crippen LogP contribution in [-0.2, 0) is 5.41 Å². The van der Waals surface area contributed by atoms with Gasteiger partial charge in [0.25, 0.3) is 0 Å². The summed E-state index contributed by atoms with van der Waals surface area (Å²) in [5, 5.41) is 0. The maximum atomic E-state index is 2.44. The van der Waals surface area contributed by atoms with Gasteiger partial charge in [0.1, 0.15) is 0 Å². The van der Waals surface area contributed by atoms with Gasteiger partial charge in [-0.05, 0) is 68.4 Å². The summed E-state index contributed by atoms with van der Waals surface area (Å²) in [6.45, 7) is 8.95. The average molecular weight is 292 g/mol. The lowest BCUT2D eigenvalue weighted by atomic mass is 9.64. The predicted molar refractivity (Wildman–Crippen MR) is 95.7 cm³/mol. The molecule has 0 saturated heterocycles. The highest BCUT2D eigenvalue weighted by Gasteiger charge is 2.36. The number of rotatable bonds is 2. The Bertz CT molecular complexity index is 672. The average Bonchev–Trinajstić information content (AvgIpc) is 2.50. The van der Waals surface area contributed by atoms with Gasteiger partial charge in [-0.25, -0.2) is 0 Å². The van der Waals surface area contributed by atoms with Crippen molar-refractivity contribution >= 4 is 0 Å². The van der Waals surface area contributed by atoms with E-state index in [0.29, 0.717) is 0 Å². The molecular weight excluding hydrogens is 264 g/mol. The van der Waals surface area contributed by atoms with E-state index in [2.05, 4.69) is 64.1 Å². The second-order valence-corrected chi connectivity index (χ2v) is 7.26. The van der Waals surface area contributed by atoms with Crippen LogP contribution in [0.2, 0.25) is 0 Å². The summed E-state index contributed by atoms with van der Waals surface area (Å²) in [6.07, 6.45) is 6.66. The molecule has 0 spiro atoms. The smallest absolute Gasteiger partial charge is 0.0205 e. The summed E-state index contributed by atoms with van der Waals surface area (Å²) in [5.41, 5.74) is 8.97. The Hall–Kier alpha value is -1.56. The Morgan fingerprint density at radius 2 is 1.41 bits per heavy atom. The Labute approximate surface area is 135 Å². The Kier molecular flexibility index (Phi) is 4.12. The van der Waals surface area contributed by atoms with Crippen LogP contribution in [0.3, 0.4) is 0 Å². The van der Waals surface area contributed by atoms with Crippen LogP contribution in [0.1, 0.15) is 65.5 Å². The Balaban J connectivity index is 2.17. The molecule has 0 unspecified atom stereocenters. The number of benzene rings is 2. The molecule has 0 aliphatic heterocycles. The third-order valence-corrected chi connectivity index (χ3v) is 5.66. The molecule has 0 heterocycles. The van der Waals surface area contributed by atoms with Gasteiger partial charge in [-0.1, -0.05) is 61.2 Å². The van der Waals surface area contributed by atoms with Gasteiger partial charge in [-0.3, -0.25) is 0 Å². The van der Waals surface area contributed by atoms with Gasteiger partial charge in [0.05, 0.1) is 0 Å². The van der Waals surface area contributed by atoms with E-state index in [1.807, 2.05) is 0 Å². The third-order valence-electron chi connectivity index (χ3n) is 5.66. The first-order valence-electron chi connectivity index (χ1n) is 8.68. The number of hydrogen-bond acceptors (Lipinski definition) is 0. The number of aryl methyl sites for hydroxylation is 4. The minimum atomic E-state index is 0.231. The summed E-state index contributed by atoms with van der Waals surface area (Å²) in [4.78, 5) is 0. The van der Waals surface area contributed by atoms with E-state index < -0.39 is 0 Å². The SMILES string of the molecule is Cc1ccc(C2(c3ccc(C)c(C)c3)CCCCC2)c(C)c1. The van der Waals surface area contributed by atoms with E-state index in [1.165, 1.54) is 59.9 Å². The molecule has 0 radical (unpaired) electrons. The van der Waals surface area contributed by atoms with Gasteiger partial charge in [0.2, 0.25) is 0 Å². The summed E-state index contributed by atoms with van der Waals surface area (Å²) in [7, 11) is 0. The standard InChI is InChI=1S/C22H28/c1-16-8-11-21(19(4)14-16)22(12-6-5-7-13-22)20-10-9-17(2)18(3)15-20/h8-11,14-15H,5-7,12-13H2,1-4H3. The van der Waals surface area contributed by atoms with Crippen molar-refractivity contribution in [1.82, 2.24) is 0 Å². The van der Waals surface area contributed by atoms with E-state index in [4.69, 9.17) is 0 Å². The first-order chi connectivity index (χ1) is 10.5. The second kappa shape index (κ2) is 5.91. The highest BCUT2D eigenvalue weighted by molar-refractivity contribution is 5.47. The quantitative estimate of drug-likeness (QED) is 0.621. The van der Waals surface area contributed by atoms with Crippen LogP contribution >= 0.6 is 0 Å². The van der Waals surface area contributed by atoms with Crippen molar-refractivity contribution < 1.29 is 0 Å². The lowest BCUT2D eigenvalue weighted by molar-refractivity contribution is 0.344. The van der Waals surface area contributed by atoms with Crippen LogP contribution in [0.4, 0.5) is 0 Å². The van der Waals surface area contributed by atoms with Crippen LogP contribution in [0.5, 0.6) is 0 Å². The summed E-state index contributed by atoms with van der Waals surface area (Å²) >= 11 is 0. The molecule has 0 bridgehead atoms. The molecule has 0 aromatic heterocycles. The first kappa shape index (κ1) is 15.3. The summed E-state index contributed by atoms with van der Waals surface area (Å²) in [5.74, 6) is 0. The van der Waals surface area contributed by atoms with Crippen molar-refractivity contribution in [3.63, 3.8) is 0 Å². The molecule has 2 aromatic rings. The molecule has 0 amide bonds. The molecular formula is C22H28. The molecule has 0 nitrogen and oxygen atoms in total. The molecule has 1 fully saturated rings. The first-order valence-corrected chi connectivity index (χ1v) is 8.68. The van der Waals surface area contributed by atoms with Crippen molar-refractivity contribution in [3.05, 3.63) is 69.8 Å². The lowest BCUT2D eigenvalue weighted by Gasteiger charge is -2.40. The van der Waals surface area contributed by atoms with E-state index in [9.17, 15) is 0 Å².